The molecule has 0 spiro atoms. The Morgan fingerprint density at radius 3 is 2.60 bits per heavy atom. The maximum absolute atomic E-state index is 11.6. The second-order valence-corrected chi connectivity index (χ2v) is 4.17. The molecule has 15 heavy (non-hydrogen) atoms. The monoisotopic (exact) mass is 225 g/mol. The normalized spacial score (nSPS) is 21.1. The van der Waals surface area contributed by atoms with Gasteiger partial charge in [-0.2, -0.15) is 0 Å². The van der Waals surface area contributed by atoms with Gasteiger partial charge in [-0.1, -0.05) is 11.6 Å². The highest BCUT2D eigenvalue weighted by Crippen LogP contribution is 2.25. The Kier molecular flexibility index (Phi) is 2.93. The molecule has 1 fully saturated rings. The van der Waals surface area contributed by atoms with E-state index in [0.29, 0.717) is 18.0 Å². The van der Waals surface area contributed by atoms with Crippen LogP contribution in [-0.2, 0) is 4.79 Å². The van der Waals surface area contributed by atoms with Crippen molar-refractivity contribution in [2.75, 3.05) is 18.1 Å². The fourth-order valence-electron chi connectivity index (χ4n) is 1.77. The third-order valence-electron chi connectivity index (χ3n) is 2.60. The Morgan fingerprint density at radius 2 is 2.07 bits per heavy atom. The molecule has 1 amide bonds. The van der Waals surface area contributed by atoms with Crippen molar-refractivity contribution in [3.05, 3.63) is 29.3 Å². The van der Waals surface area contributed by atoms with E-state index in [0.717, 1.165) is 5.69 Å². The van der Waals surface area contributed by atoms with Crippen LogP contribution >= 0.6 is 11.6 Å². The number of carbonyl (C=O) groups is 1. The first-order valence-electron chi connectivity index (χ1n) is 4.87. The van der Waals surface area contributed by atoms with Crippen molar-refractivity contribution in [3.63, 3.8) is 0 Å². The first-order valence-corrected chi connectivity index (χ1v) is 5.25. The second kappa shape index (κ2) is 4.21. The van der Waals surface area contributed by atoms with Gasteiger partial charge in [0.05, 0.1) is 0 Å². The summed E-state index contributed by atoms with van der Waals surface area (Å²) in [5.41, 5.74) is 0.848. The van der Waals surface area contributed by atoms with E-state index in [2.05, 4.69) is 0 Å². The summed E-state index contributed by atoms with van der Waals surface area (Å²) in [5.74, 6) is 0.129. The van der Waals surface area contributed by atoms with Crippen molar-refractivity contribution in [2.24, 2.45) is 5.92 Å². The molecule has 1 N–H and O–H groups in total. The SMILES string of the molecule is O=C1CC(CO)CN1c1ccc(Cl)cc1. The van der Waals surface area contributed by atoms with Crippen LogP contribution in [-0.4, -0.2) is 24.2 Å². The van der Waals surface area contributed by atoms with Gasteiger partial charge < -0.3 is 10.0 Å². The van der Waals surface area contributed by atoms with Gasteiger partial charge in [0.25, 0.3) is 0 Å². The van der Waals surface area contributed by atoms with Gasteiger partial charge in [0.15, 0.2) is 0 Å². The van der Waals surface area contributed by atoms with Gasteiger partial charge in [-0.25, -0.2) is 0 Å². The van der Waals surface area contributed by atoms with Crippen LogP contribution in [0.4, 0.5) is 5.69 Å². The predicted molar refractivity (Wildman–Crippen MR) is 59.0 cm³/mol. The Hall–Kier alpha value is -1.06. The van der Waals surface area contributed by atoms with Crippen molar-refractivity contribution in [2.45, 2.75) is 6.42 Å². The van der Waals surface area contributed by atoms with Gasteiger partial charge in [-0.3, -0.25) is 4.79 Å². The molecule has 80 valence electrons. The summed E-state index contributed by atoms with van der Waals surface area (Å²) < 4.78 is 0. The van der Waals surface area contributed by atoms with Crippen LogP contribution in [0.15, 0.2) is 24.3 Å². The van der Waals surface area contributed by atoms with E-state index < -0.39 is 0 Å². The zero-order valence-electron chi connectivity index (χ0n) is 8.19. The lowest BCUT2D eigenvalue weighted by Crippen LogP contribution is -2.24. The highest BCUT2D eigenvalue weighted by atomic mass is 35.5. The summed E-state index contributed by atoms with van der Waals surface area (Å²) in [6.07, 6.45) is 0.430. The molecule has 0 saturated carbocycles. The molecule has 2 rings (SSSR count). The number of hydrogen-bond donors (Lipinski definition) is 1. The zero-order chi connectivity index (χ0) is 10.8. The molecular formula is C11H12ClNO2. The van der Waals surface area contributed by atoms with Crippen LogP contribution in [0, 0.1) is 5.92 Å². The Morgan fingerprint density at radius 1 is 1.40 bits per heavy atom. The van der Waals surface area contributed by atoms with Crippen LogP contribution in [0.3, 0.4) is 0 Å². The highest BCUT2D eigenvalue weighted by Gasteiger charge is 2.29. The standard InChI is InChI=1S/C11H12ClNO2/c12-9-1-3-10(4-2-9)13-6-8(7-14)5-11(13)15/h1-4,8,14H,5-7H2. The average molecular weight is 226 g/mol. The van der Waals surface area contributed by atoms with Gasteiger partial charge >= 0.3 is 0 Å². The minimum atomic E-state index is 0.0631. The number of aliphatic hydroxyl groups is 1. The smallest absolute Gasteiger partial charge is 0.227 e. The maximum Gasteiger partial charge on any atom is 0.227 e. The van der Waals surface area contributed by atoms with E-state index in [4.69, 9.17) is 16.7 Å². The van der Waals surface area contributed by atoms with Crippen molar-refractivity contribution < 1.29 is 9.90 Å². The topological polar surface area (TPSA) is 40.5 Å². The van der Waals surface area contributed by atoms with E-state index in [-0.39, 0.29) is 18.4 Å². The molecule has 3 nitrogen and oxygen atoms in total. The molecule has 1 aromatic rings. The van der Waals surface area contributed by atoms with Crippen LogP contribution in [0.1, 0.15) is 6.42 Å². The summed E-state index contributed by atoms with van der Waals surface area (Å²) in [6.45, 7) is 0.660. The Balaban J connectivity index is 2.18. The van der Waals surface area contributed by atoms with E-state index in [1.54, 1.807) is 17.0 Å². The third-order valence-corrected chi connectivity index (χ3v) is 2.85. The lowest BCUT2D eigenvalue weighted by atomic mass is 10.1. The number of anilines is 1. The minimum absolute atomic E-state index is 0.0631. The quantitative estimate of drug-likeness (QED) is 0.832. The van der Waals surface area contributed by atoms with Crippen molar-refractivity contribution in [1.29, 1.82) is 0 Å². The molecule has 1 atom stereocenters. The maximum atomic E-state index is 11.6. The van der Waals surface area contributed by atoms with Crippen LogP contribution in [0.2, 0.25) is 5.02 Å². The van der Waals surface area contributed by atoms with Crippen LogP contribution in [0.25, 0.3) is 0 Å². The van der Waals surface area contributed by atoms with Crippen molar-refractivity contribution in [3.8, 4) is 0 Å². The van der Waals surface area contributed by atoms with Crippen LogP contribution in [0.5, 0.6) is 0 Å². The molecule has 0 aromatic heterocycles. The van der Waals surface area contributed by atoms with Gasteiger partial charge in [-0.05, 0) is 24.3 Å². The molecule has 1 aliphatic rings. The fourth-order valence-corrected chi connectivity index (χ4v) is 1.90. The first kappa shape index (κ1) is 10.5. The number of nitrogens with zero attached hydrogens (tertiary/aromatic N) is 1. The second-order valence-electron chi connectivity index (χ2n) is 3.73. The summed E-state index contributed by atoms with van der Waals surface area (Å²) in [4.78, 5) is 13.3. The molecule has 0 bridgehead atoms. The molecule has 1 unspecified atom stereocenters. The number of rotatable bonds is 2. The predicted octanol–water partition coefficient (Wildman–Crippen LogP) is 1.69. The molecule has 1 heterocycles. The highest BCUT2D eigenvalue weighted by molar-refractivity contribution is 6.30. The van der Waals surface area contributed by atoms with Gasteiger partial charge in [-0.15, -0.1) is 0 Å². The number of carbonyl (C=O) groups excluding carboxylic acids is 1. The molecule has 1 aliphatic heterocycles. The summed E-state index contributed by atoms with van der Waals surface area (Å²) >= 11 is 5.77. The summed E-state index contributed by atoms with van der Waals surface area (Å²) in [6, 6.07) is 7.16. The summed E-state index contributed by atoms with van der Waals surface area (Å²) in [5, 5.41) is 9.65. The van der Waals surface area contributed by atoms with Gasteiger partial charge in [0.1, 0.15) is 0 Å². The van der Waals surface area contributed by atoms with E-state index in [1.807, 2.05) is 12.1 Å². The number of hydrogen-bond acceptors (Lipinski definition) is 2. The lowest BCUT2D eigenvalue weighted by molar-refractivity contribution is -0.117. The van der Waals surface area contributed by atoms with E-state index >= 15 is 0 Å². The Bertz CT molecular complexity index is 363. The number of amides is 1. The minimum Gasteiger partial charge on any atom is -0.396 e. The first-order chi connectivity index (χ1) is 7.20. The molecule has 0 aliphatic carbocycles. The largest absolute Gasteiger partial charge is 0.396 e. The summed E-state index contributed by atoms with van der Waals surface area (Å²) in [7, 11) is 0. The lowest BCUT2D eigenvalue weighted by Gasteiger charge is -2.16. The molecule has 1 aromatic carbocycles. The molecular weight excluding hydrogens is 214 g/mol. The molecule has 1 saturated heterocycles. The fraction of sp³-hybridized carbons (Fsp3) is 0.364. The van der Waals surface area contributed by atoms with E-state index in [1.165, 1.54) is 0 Å². The molecule has 0 radical (unpaired) electrons. The number of halogens is 1. The van der Waals surface area contributed by atoms with E-state index in [9.17, 15) is 4.79 Å². The average Bonchev–Trinajstić information content (AvgIpc) is 2.61. The zero-order valence-corrected chi connectivity index (χ0v) is 8.94. The molecule has 4 heteroatoms. The third kappa shape index (κ3) is 2.13. The van der Waals surface area contributed by atoms with Crippen molar-refractivity contribution in [1.82, 2.24) is 0 Å². The van der Waals surface area contributed by atoms with Gasteiger partial charge in [0.2, 0.25) is 5.91 Å². The van der Waals surface area contributed by atoms with Gasteiger partial charge in [0, 0.05) is 36.2 Å². The van der Waals surface area contributed by atoms with Crippen LogP contribution < -0.4 is 4.90 Å². The Labute approximate surface area is 93.3 Å². The number of benzene rings is 1. The van der Waals surface area contributed by atoms with Crippen molar-refractivity contribution >= 4 is 23.2 Å². The number of aliphatic hydroxyl groups excluding tert-OH is 1.